The second-order valence-corrected chi connectivity index (χ2v) is 7.26. The van der Waals surface area contributed by atoms with E-state index in [0.717, 1.165) is 16.0 Å². The Morgan fingerprint density at radius 2 is 2.04 bits per heavy atom. The van der Waals surface area contributed by atoms with Crippen LogP contribution in [0.25, 0.3) is 0 Å². The summed E-state index contributed by atoms with van der Waals surface area (Å²) in [6.07, 6.45) is 5.67. The number of thiophene rings is 1. The van der Waals surface area contributed by atoms with Crippen LogP contribution in [-0.4, -0.2) is 26.6 Å². The standard InChI is InChI=1S/C19H21N5O2S/c1-4-14-12(2)27-19(23-17(25)15-7-9-22-24(15)3)16(14)18(26)21-11-13-6-5-8-20-10-13/h5-10H,4,11H2,1-3H3,(H,21,26)(H,23,25). The third kappa shape index (κ3) is 4.06. The lowest BCUT2D eigenvalue weighted by molar-refractivity contribution is 0.0951. The average Bonchev–Trinajstić information content (AvgIpc) is 3.23. The van der Waals surface area contributed by atoms with Crippen LogP contribution >= 0.6 is 11.3 Å². The number of carbonyl (C=O) groups is 2. The van der Waals surface area contributed by atoms with Crippen LogP contribution < -0.4 is 10.6 Å². The van der Waals surface area contributed by atoms with Crippen molar-refractivity contribution >= 4 is 28.2 Å². The number of pyridine rings is 1. The topological polar surface area (TPSA) is 88.9 Å². The lowest BCUT2D eigenvalue weighted by atomic mass is 10.1. The molecule has 0 aliphatic carbocycles. The van der Waals surface area contributed by atoms with E-state index in [9.17, 15) is 9.59 Å². The van der Waals surface area contributed by atoms with Crippen LogP contribution in [-0.2, 0) is 20.0 Å². The third-order valence-electron chi connectivity index (χ3n) is 4.25. The summed E-state index contributed by atoms with van der Waals surface area (Å²) in [6.45, 7) is 4.33. The number of aromatic nitrogens is 3. The molecule has 2 amide bonds. The molecule has 0 fully saturated rings. The number of amides is 2. The lowest BCUT2D eigenvalue weighted by Crippen LogP contribution is -2.25. The number of hydrogen-bond donors (Lipinski definition) is 2. The molecule has 0 aliphatic rings. The number of nitrogens with zero attached hydrogens (tertiary/aromatic N) is 3. The first kappa shape index (κ1) is 18.8. The van der Waals surface area contributed by atoms with Gasteiger partial charge in [-0.3, -0.25) is 19.3 Å². The lowest BCUT2D eigenvalue weighted by Gasteiger charge is -2.10. The Labute approximate surface area is 161 Å². The fraction of sp³-hybridized carbons (Fsp3) is 0.263. The maximum Gasteiger partial charge on any atom is 0.274 e. The summed E-state index contributed by atoms with van der Waals surface area (Å²) < 4.78 is 1.50. The molecular formula is C19H21N5O2S. The smallest absolute Gasteiger partial charge is 0.274 e. The summed E-state index contributed by atoms with van der Waals surface area (Å²) in [6, 6.07) is 5.36. The molecule has 0 spiro atoms. The van der Waals surface area contributed by atoms with Crippen LogP contribution in [0.15, 0.2) is 36.8 Å². The Kier molecular flexibility index (Phi) is 5.66. The van der Waals surface area contributed by atoms with Crippen molar-refractivity contribution < 1.29 is 9.59 Å². The Bertz CT molecular complexity index is 962. The van der Waals surface area contributed by atoms with Crippen molar-refractivity contribution in [2.75, 3.05) is 5.32 Å². The predicted octanol–water partition coefficient (Wildman–Crippen LogP) is 2.93. The van der Waals surface area contributed by atoms with Gasteiger partial charge in [0.05, 0.1) is 5.56 Å². The van der Waals surface area contributed by atoms with Crippen molar-refractivity contribution in [2.45, 2.75) is 26.8 Å². The predicted molar refractivity (Wildman–Crippen MR) is 105 cm³/mol. The molecular weight excluding hydrogens is 362 g/mol. The molecule has 3 heterocycles. The van der Waals surface area contributed by atoms with Crippen LogP contribution in [0, 0.1) is 6.92 Å². The monoisotopic (exact) mass is 383 g/mol. The normalized spacial score (nSPS) is 10.6. The van der Waals surface area contributed by atoms with E-state index in [-0.39, 0.29) is 11.8 Å². The van der Waals surface area contributed by atoms with Gasteiger partial charge >= 0.3 is 0 Å². The van der Waals surface area contributed by atoms with Crippen LogP contribution in [0.1, 0.15) is 43.8 Å². The third-order valence-corrected chi connectivity index (χ3v) is 5.31. The Morgan fingerprint density at radius 1 is 1.22 bits per heavy atom. The number of hydrogen-bond acceptors (Lipinski definition) is 5. The van der Waals surface area contributed by atoms with Crippen LogP contribution in [0.3, 0.4) is 0 Å². The van der Waals surface area contributed by atoms with Crippen molar-refractivity contribution in [1.82, 2.24) is 20.1 Å². The second-order valence-electron chi connectivity index (χ2n) is 6.03. The molecule has 2 N–H and O–H groups in total. The highest BCUT2D eigenvalue weighted by Crippen LogP contribution is 2.33. The molecule has 27 heavy (non-hydrogen) atoms. The van der Waals surface area contributed by atoms with Crippen LogP contribution in [0.5, 0.6) is 0 Å². The van der Waals surface area contributed by atoms with Gasteiger partial charge in [0.25, 0.3) is 11.8 Å². The van der Waals surface area contributed by atoms with E-state index in [1.807, 2.05) is 26.0 Å². The summed E-state index contributed by atoms with van der Waals surface area (Å²) in [5.41, 5.74) is 2.82. The fourth-order valence-corrected chi connectivity index (χ4v) is 4.01. The van der Waals surface area contributed by atoms with Gasteiger partial charge in [-0.25, -0.2) is 0 Å². The van der Waals surface area contributed by atoms with Crippen molar-refractivity contribution in [3.05, 3.63) is 64.1 Å². The molecule has 3 aromatic heterocycles. The van der Waals surface area contributed by atoms with E-state index >= 15 is 0 Å². The van der Waals surface area contributed by atoms with E-state index in [1.165, 1.54) is 16.0 Å². The second kappa shape index (κ2) is 8.13. The SMILES string of the molecule is CCc1c(C)sc(NC(=O)c2ccnn2C)c1C(=O)NCc1cccnc1. The summed E-state index contributed by atoms with van der Waals surface area (Å²) >= 11 is 1.41. The minimum atomic E-state index is -0.291. The highest BCUT2D eigenvalue weighted by Gasteiger charge is 2.23. The molecule has 0 saturated heterocycles. The van der Waals surface area contributed by atoms with Gasteiger partial charge in [0.15, 0.2) is 0 Å². The average molecular weight is 383 g/mol. The van der Waals surface area contributed by atoms with Crippen molar-refractivity contribution in [3.63, 3.8) is 0 Å². The van der Waals surface area contributed by atoms with E-state index in [4.69, 9.17) is 0 Å². The fourth-order valence-electron chi connectivity index (χ4n) is 2.87. The molecule has 0 unspecified atom stereocenters. The largest absolute Gasteiger partial charge is 0.348 e. The maximum atomic E-state index is 12.9. The van der Waals surface area contributed by atoms with E-state index in [1.54, 1.807) is 31.7 Å². The molecule has 3 aromatic rings. The van der Waals surface area contributed by atoms with Gasteiger partial charge in [-0.1, -0.05) is 13.0 Å². The van der Waals surface area contributed by atoms with E-state index < -0.39 is 0 Å². The van der Waals surface area contributed by atoms with Crippen LogP contribution in [0.4, 0.5) is 5.00 Å². The van der Waals surface area contributed by atoms with Crippen molar-refractivity contribution in [2.24, 2.45) is 7.05 Å². The molecule has 0 aromatic carbocycles. The van der Waals surface area contributed by atoms with E-state index in [0.29, 0.717) is 29.2 Å². The molecule has 0 bridgehead atoms. The number of carbonyl (C=O) groups excluding carboxylic acids is 2. The molecule has 8 heteroatoms. The first-order chi connectivity index (χ1) is 13.0. The minimum Gasteiger partial charge on any atom is -0.348 e. The first-order valence-electron chi connectivity index (χ1n) is 8.60. The van der Waals surface area contributed by atoms with Crippen LogP contribution in [0.2, 0.25) is 0 Å². The quantitative estimate of drug-likeness (QED) is 0.685. The number of aryl methyl sites for hydroxylation is 2. The Balaban J connectivity index is 1.84. The maximum absolute atomic E-state index is 12.9. The zero-order chi connectivity index (χ0) is 19.4. The molecule has 0 radical (unpaired) electrons. The van der Waals surface area contributed by atoms with Gasteiger partial charge < -0.3 is 10.6 Å². The van der Waals surface area contributed by atoms with Gasteiger partial charge in [-0.2, -0.15) is 5.10 Å². The number of rotatable bonds is 6. The van der Waals surface area contributed by atoms with Gasteiger partial charge in [-0.05, 0) is 36.6 Å². The van der Waals surface area contributed by atoms with Crippen molar-refractivity contribution in [3.8, 4) is 0 Å². The first-order valence-corrected chi connectivity index (χ1v) is 9.41. The Morgan fingerprint density at radius 3 is 2.67 bits per heavy atom. The van der Waals surface area contributed by atoms with Gasteiger partial charge in [0, 0.05) is 37.1 Å². The molecule has 3 rings (SSSR count). The summed E-state index contributed by atoms with van der Waals surface area (Å²) in [7, 11) is 1.70. The zero-order valence-electron chi connectivity index (χ0n) is 15.4. The molecule has 140 valence electrons. The highest BCUT2D eigenvalue weighted by atomic mass is 32.1. The molecule has 0 aliphatic heterocycles. The summed E-state index contributed by atoms with van der Waals surface area (Å²) in [5, 5.41) is 10.4. The molecule has 7 nitrogen and oxygen atoms in total. The van der Waals surface area contributed by atoms with Gasteiger partial charge in [0.2, 0.25) is 0 Å². The van der Waals surface area contributed by atoms with Gasteiger partial charge in [-0.15, -0.1) is 11.3 Å². The van der Waals surface area contributed by atoms with Gasteiger partial charge in [0.1, 0.15) is 10.7 Å². The highest BCUT2D eigenvalue weighted by molar-refractivity contribution is 7.16. The van der Waals surface area contributed by atoms with E-state index in [2.05, 4.69) is 20.7 Å². The number of anilines is 1. The minimum absolute atomic E-state index is 0.208. The Hall–Kier alpha value is -3.00. The summed E-state index contributed by atoms with van der Waals surface area (Å²) in [5.74, 6) is -0.499. The molecule has 0 saturated carbocycles. The van der Waals surface area contributed by atoms with Crippen molar-refractivity contribution in [1.29, 1.82) is 0 Å². The number of nitrogens with one attached hydrogen (secondary N) is 2. The zero-order valence-corrected chi connectivity index (χ0v) is 16.3. The molecule has 0 atom stereocenters. The summed E-state index contributed by atoms with van der Waals surface area (Å²) in [4.78, 5) is 30.5.